The molecule has 166 valence electrons. The van der Waals surface area contributed by atoms with E-state index in [0.29, 0.717) is 11.4 Å². The third kappa shape index (κ3) is 10.7. The molecule has 0 saturated heterocycles. The van der Waals surface area contributed by atoms with Crippen molar-refractivity contribution in [1.82, 2.24) is 5.48 Å². The summed E-state index contributed by atoms with van der Waals surface area (Å²) in [5.74, 6) is -3.12. The summed E-state index contributed by atoms with van der Waals surface area (Å²) in [6.07, 6.45) is -3.26. The predicted octanol–water partition coefficient (Wildman–Crippen LogP) is 2.63. The van der Waals surface area contributed by atoms with Gasteiger partial charge >= 0.3 is 12.1 Å². The molecule has 1 amide bonds. The second-order valence-electron chi connectivity index (χ2n) is 6.12. The molecule has 1 rings (SSSR count). The molecule has 1 aromatic carbocycles. The van der Waals surface area contributed by atoms with Crippen LogP contribution in [0.1, 0.15) is 19.4 Å². The summed E-state index contributed by atoms with van der Waals surface area (Å²) in [5.41, 5.74) is 9.02. The zero-order chi connectivity index (χ0) is 22.8. The Morgan fingerprint density at radius 2 is 1.90 bits per heavy atom. The van der Waals surface area contributed by atoms with Gasteiger partial charge in [0.05, 0.1) is 12.6 Å². The Hall–Kier alpha value is -1.53. The lowest BCUT2D eigenvalue weighted by Gasteiger charge is -2.20. The SMILES string of the molecule is CSc1ccc(Cl)c(CC(N)C(=O)NOC(CO)C(C)C)c1.O=C(O)C(F)(F)F. The predicted molar refractivity (Wildman–Crippen MR) is 104 cm³/mol. The fourth-order valence-corrected chi connectivity index (χ4v) is 2.42. The first-order valence-corrected chi connectivity index (χ1v) is 9.88. The van der Waals surface area contributed by atoms with Gasteiger partial charge in [0, 0.05) is 9.92 Å². The number of hydroxylamine groups is 1. The Morgan fingerprint density at radius 1 is 1.34 bits per heavy atom. The number of nitrogens with one attached hydrogen (secondary N) is 1. The minimum atomic E-state index is -5.08. The first-order chi connectivity index (χ1) is 13.3. The number of amides is 1. The zero-order valence-corrected chi connectivity index (χ0v) is 17.6. The summed E-state index contributed by atoms with van der Waals surface area (Å²) in [4.78, 5) is 27.1. The van der Waals surface area contributed by atoms with E-state index in [1.165, 1.54) is 0 Å². The van der Waals surface area contributed by atoms with Gasteiger partial charge < -0.3 is 15.9 Å². The number of aliphatic hydroxyl groups is 1. The number of hydrogen-bond donors (Lipinski definition) is 4. The molecule has 5 N–H and O–H groups in total. The van der Waals surface area contributed by atoms with Gasteiger partial charge in [-0.3, -0.25) is 9.63 Å². The monoisotopic (exact) mass is 460 g/mol. The molecular formula is C17H24ClF3N2O5S. The number of benzene rings is 1. The number of thioether (sulfide) groups is 1. The molecule has 29 heavy (non-hydrogen) atoms. The van der Waals surface area contributed by atoms with Crippen molar-refractivity contribution < 1.29 is 37.8 Å². The van der Waals surface area contributed by atoms with E-state index in [4.69, 9.17) is 37.2 Å². The first-order valence-electron chi connectivity index (χ1n) is 8.27. The van der Waals surface area contributed by atoms with Crippen LogP contribution in [-0.2, 0) is 20.8 Å². The second kappa shape index (κ2) is 12.9. The van der Waals surface area contributed by atoms with Crippen molar-refractivity contribution in [2.45, 2.75) is 43.5 Å². The van der Waals surface area contributed by atoms with Crippen LogP contribution in [0.3, 0.4) is 0 Å². The Morgan fingerprint density at radius 3 is 2.31 bits per heavy atom. The van der Waals surface area contributed by atoms with Gasteiger partial charge in [0.15, 0.2) is 0 Å². The Balaban J connectivity index is 0.000000956. The highest BCUT2D eigenvalue weighted by molar-refractivity contribution is 7.98. The maximum atomic E-state index is 12.0. The van der Waals surface area contributed by atoms with Gasteiger partial charge in [-0.05, 0) is 42.4 Å². The summed E-state index contributed by atoms with van der Waals surface area (Å²) in [7, 11) is 0. The number of carbonyl (C=O) groups is 2. The Labute approximate surface area is 175 Å². The number of aliphatic hydroxyl groups excluding tert-OH is 1. The number of rotatable bonds is 8. The van der Waals surface area contributed by atoms with E-state index in [-0.39, 0.29) is 12.5 Å². The van der Waals surface area contributed by atoms with Gasteiger partial charge in [0.2, 0.25) is 0 Å². The number of carboxylic acid groups (broad SMARTS) is 1. The van der Waals surface area contributed by atoms with Crippen LogP contribution in [0.25, 0.3) is 0 Å². The summed E-state index contributed by atoms with van der Waals surface area (Å²) in [6.45, 7) is 3.61. The first kappa shape index (κ1) is 27.5. The van der Waals surface area contributed by atoms with E-state index in [2.05, 4.69) is 5.48 Å². The fraction of sp³-hybridized carbons (Fsp3) is 0.529. The number of alkyl halides is 3. The van der Waals surface area contributed by atoms with Crippen LogP contribution in [0.15, 0.2) is 23.1 Å². The third-order valence-corrected chi connectivity index (χ3v) is 4.60. The average molecular weight is 461 g/mol. The van der Waals surface area contributed by atoms with Crippen LogP contribution >= 0.6 is 23.4 Å². The van der Waals surface area contributed by atoms with Crippen LogP contribution in [0.4, 0.5) is 13.2 Å². The number of carbonyl (C=O) groups excluding carboxylic acids is 1. The molecule has 0 fully saturated rings. The average Bonchev–Trinajstić information content (AvgIpc) is 2.63. The number of nitrogens with two attached hydrogens (primary N) is 1. The highest BCUT2D eigenvalue weighted by Gasteiger charge is 2.38. The molecule has 0 saturated carbocycles. The Kier molecular flexibility index (Phi) is 12.2. The maximum Gasteiger partial charge on any atom is 0.490 e. The molecule has 12 heteroatoms. The molecule has 0 heterocycles. The van der Waals surface area contributed by atoms with Gasteiger partial charge in [-0.2, -0.15) is 13.2 Å². The summed E-state index contributed by atoms with van der Waals surface area (Å²) < 4.78 is 31.7. The number of carboxylic acids is 1. The van der Waals surface area contributed by atoms with E-state index in [0.717, 1.165) is 10.5 Å². The number of aliphatic carboxylic acids is 1. The van der Waals surface area contributed by atoms with Crippen molar-refractivity contribution in [3.8, 4) is 0 Å². The summed E-state index contributed by atoms with van der Waals surface area (Å²) in [5, 5.41) is 16.9. The van der Waals surface area contributed by atoms with Crippen LogP contribution in [-0.4, -0.2) is 53.3 Å². The summed E-state index contributed by atoms with van der Waals surface area (Å²) in [6, 6.07) is 4.86. The van der Waals surface area contributed by atoms with Gasteiger partial charge in [-0.1, -0.05) is 25.4 Å². The lowest BCUT2D eigenvalue weighted by Crippen LogP contribution is -2.44. The minimum Gasteiger partial charge on any atom is -0.475 e. The van der Waals surface area contributed by atoms with Gasteiger partial charge in [-0.15, -0.1) is 11.8 Å². The Bertz CT molecular complexity index is 677. The maximum absolute atomic E-state index is 12.0. The zero-order valence-electron chi connectivity index (χ0n) is 16.0. The van der Waals surface area contributed by atoms with Gasteiger partial charge in [0.1, 0.15) is 6.10 Å². The molecule has 7 nitrogen and oxygen atoms in total. The van der Waals surface area contributed by atoms with E-state index in [9.17, 15) is 18.0 Å². The number of hydrogen-bond acceptors (Lipinski definition) is 6. The lowest BCUT2D eigenvalue weighted by molar-refractivity contribution is -0.192. The lowest BCUT2D eigenvalue weighted by atomic mass is 10.1. The highest BCUT2D eigenvalue weighted by Crippen LogP contribution is 2.24. The van der Waals surface area contributed by atoms with Crippen LogP contribution in [0.5, 0.6) is 0 Å². The molecule has 0 bridgehead atoms. The highest BCUT2D eigenvalue weighted by atomic mass is 35.5. The smallest absolute Gasteiger partial charge is 0.475 e. The van der Waals surface area contributed by atoms with Crippen molar-refractivity contribution in [3.63, 3.8) is 0 Å². The molecule has 0 radical (unpaired) electrons. The second-order valence-corrected chi connectivity index (χ2v) is 7.41. The molecule has 2 unspecified atom stereocenters. The van der Waals surface area contributed by atoms with Crippen LogP contribution in [0, 0.1) is 5.92 Å². The molecule has 0 aliphatic carbocycles. The largest absolute Gasteiger partial charge is 0.490 e. The normalized spacial score (nSPS) is 13.3. The number of halogens is 4. The van der Waals surface area contributed by atoms with Crippen LogP contribution in [0.2, 0.25) is 5.02 Å². The molecule has 0 aliphatic rings. The standard InChI is InChI=1S/C15H23ClN2O3S.C2HF3O2/c1-9(2)14(8-19)21-18-15(20)13(17)7-10-6-11(22-3)4-5-12(10)16;3-2(4,5)1(6)7/h4-6,9,13-14,19H,7-8,17H2,1-3H3,(H,18,20);(H,6,7). The van der Waals surface area contributed by atoms with E-state index in [1.54, 1.807) is 17.8 Å². The van der Waals surface area contributed by atoms with Crippen molar-refractivity contribution >= 4 is 35.2 Å². The molecule has 2 atom stereocenters. The molecule has 0 aliphatic heterocycles. The molecule has 0 aromatic heterocycles. The topological polar surface area (TPSA) is 122 Å². The fourth-order valence-electron chi connectivity index (χ4n) is 1.76. The molecule has 1 aromatic rings. The van der Waals surface area contributed by atoms with E-state index >= 15 is 0 Å². The van der Waals surface area contributed by atoms with Gasteiger partial charge in [0.25, 0.3) is 5.91 Å². The van der Waals surface area contributed by atoms with E-state index < -0.39 is 30.2 Å². The quantitative estimate of drug-likeness (QED) is 0.347. The third-order valence-electron chi connectivity index (χ3n) is 3.51. The van der Waals surface area contributed by atoms with Crippen molar-refractivity contribution in [2.24, 2.45) is 11.7 Å². The van der Waals surface area contributed by atoms with Gasteiger partial charge in [-0.25, -0.2) is 10.3 Å². The summed E-state index contributed by atoms with van der Waals surface area (Å²) >= 11 is 7.73. The van der Waals surface area contributed by atoms with E-state index in [1.807, 2.05) is 32.2 Å². The van der Waals surface area contributed by atoms with Crippen molar-refractivity contribution in [2.75, 3.05) is 12.9 Å². The van der Waals surface area contributed by atoms with Crippen molar-refractivity contribution in [1.29, 1.82) is 0 Å². The molecular weight excluding hydrogens is 437 g/mol. The minimum absolute atomic E-state index is 0.0780. The van der Waals surface area contributed by atoms with Crippen molar-refractivity contribution in [3.05, 3.63) is 28.8 Å². The molecule has 0 spiro atoms. The van der Waals surface area contributed by atoms with Crippen LogP contribution < -0.4 is 11.2 Å².